The third-order valence-corrected chi connectivity index (χ3v) is 4.97. The predicted molar refractivity (Wildman–Crippen MR) is 72.8 cm³/mol. The molecule has 2 rings (SSSR count). The third-order valence-electron chi connectivity index (χ3n) is 3.52. The molecular weight excluding hydrogens is 282 g/mol. The Balaban J connectivity index is 2.23. The molecule has 0 aromatic heterocycles. The quantitative estimate of drug-likeness (QED) is 0.620. The number of esters is 1. The standard InChI is InChI=1S/C13H17NO5S/c1-4-8(19-7(3)15)9-11(16)14-10(13(17)18)6(2)5-20-12(9)14/h8-9,12H,4-5H2,1-3H3,(H,17,18)/t8?,9-,12-/m0/s1. The lowest BCUT2D eigenvalue weighted by atomic mass is 9.88. The number of carboxylic acids is 1. The Morgan fingerprint density at radius 3 is 2.70 bits per heavy atom. The zero-order valence-corrected chi connectivity index (χ0v) is 12.4. The molecule has 0 spiro atoms. The van der Waals surface area contributed by atoms with Crippen LogP contribution in [0.25, 0.3) is 0 Å². The van der Waals surface area contributed by atoms with Gasteiger partial charge in [0.25, 0.3) is 0 Å². The molecule has 0 aliphatic carbocycles. The summed E-state index contributed by atoms with van der Waals surface area (Å²) in [6.45, 7) is 4.87. The first-order valence-electron chi connectivity index (χ1n) is 6.43. The summed E-state index contributed by atoms with van der Waals surface area (Å²) in [6, 6.07) is 0. The van der Waals surface area contributed by atoms with Crippen molar-refractivity contribution < 1.29 is 24.2 Å². The van der Waals surface area contributed by atoms with Gasteiger partial charge in [-0.1, -0.05) is 6.92 Å². The van der Waals surface area contributed by atoms with Gasteiger partial charge in [0.05, 0.1) is 5.37 Å². The average Bonchev–Trinajstić information content (AvgIpc) is 2.37. The number of hydrogen-bond donors (Lipinski definition) is 1. The number of ether oxygens (including phenoxy) is 1. The molecule has 1 fully saturated rings. The highest BCUT2D eigenvalue weighted by Gasteiger charge is 2.56. The van der Waals surface area contributed by atoms with Gasteiger partial charge in [-0.25, -0.2) is 4.79 Å². The molecule has 1 saturated heterocycles. The van der Waals surface area contributed by atoms with Gasteiger partial charge in [0, 0.05) is 12.7 Å². The summed E-state index contributed by atoms with van der Waals surface area (Å²) in [4.78, 5) is 36.0. The van der Waals surface area contributed by atoms with Crippen LogP contribution in [0.3, 0.4) is 0 Å². The molecule has 0 radical (unpaired) electrons. The van der Waals surface area contributed by atoms with Crippen LogP contribution in [0.5, 0.6) is 0 Å². The Morgan fingerprint density at radius 2 is 2.20 bits per heavy atom. The van der Waals surface area contributed by atoms with Gasteiger partial charge < -0.3 is 9.84 Å². The van der Waals surface area contributed by atoms with E-state index in [0.717, 1.165) is 0 Å². The van der Waals surface area contributed by atoms with Crippen LogP contribution >= 0.6 is 11.8 Å². The van der Waals surface area contributed by atoms with Crippen molar-refractivity contribution in [2.45, 2.75) is 38.7 Å². The van der Waals surface area contributed by atoms with Crippen LogP contribution in [-0.2, 0) is 19.1 Å². The summed E-state index contributed by atoms with van der Waals surface area (Å²) >= 11 is 1.52. The summed E-state index contributed by atoms with van der Waals surface area (Å²) in [5, 5.41) is 8.98. The second-order valence-electron chi connectivity index (χ2n) is 4.93. The number of β-lactam (4-membered cyclic amide) rings is 1. The van der Waals surface area contributed by atoms with Crippen LogP contribution in [0, 0.1) is 5.92 Å². The topological polar surface area (TPSA) is 83.9 Å². The molecule has 1 N–H and O–H groups in total. The SMILES string of the molecule is CCC(OC(C)=O)[C@H]1C(=O)N2C(C(=O)O)=C(C)CS[C@@H]12. The molecule has 0 bridgehead atoms. The fraction of sp³-hybridized carbons (Fsp3) is 0.615. The number of carboxylic acid groups (broad SMARTS) is 1. The summed E-state index contributed by atoms with van der Waals surface area (Å²) in [5.41, 5.74) is 0.763. The van der Waals surface area contributed by atoms with Crippen LogP contribution in [-0.4, -0.2) is 45.1 Å². The van der Waals surface area contributed by atoms with Gasteiger partial charge in [0.15, 0.2) is 0 Å². The fourth-order valence-electron chi connectivity index (χ4n) is 2.64. The highest BCUT2D eigenvalue weighted by molar-refractivity contribution is 8.00. The molecule has 2 aliphatic heterocycles. The van der Waals surface area contributed by atoms with E-state index in [-0.39, 0.29) is 17.0 Å². The third kappa shape index (κ3) is 2.30. The normalized spacial score (nSPS) is 26.8. The number of thioether (sulfide) groups is 1. The van der Waals surface area contributed by atoms with Gasteiger partial charge in [-0.2, -0.15) is 0 Å². The van der Waals surface area contributed by atoms with Crippen molar-refractivity contribution >= 4 is 29.6 Å². The number of nitrogens with zero attached hydrogens (tertiary/aromatic N) is 1. The molecule has 2 aliphatic rings. The van der Waals surface area contributed by atoms with Crippen molar-refractivity contribution in [3.8, 4) is 0 Å². The Labute approximate surface area is 121 Å². The van der Waals surface area contributed by atoms with Crippen LogP contribution in [0.1, 0.15) is 27.2 Å². The van der Waals surface area contributed by atoms with Crippen LogP contribution < -0.4 is 0 Å². The van der Waals surface area contributed by atoms with Gasteiger partial charge in [-0.3, -0.25) is 14.5 Å². The number of aliphatic carboxylic acids is 1. The van der Waals surface area contributed by atoms with Gasteiger partial charge in [0.1, 0.15) is 17.7 Å². The van der Waals surface area contributed by atoms with Crippen LogP contribution in [0.4, 0.5) is 0 Å². The van der Waals surface area contributed by atoms with E-state index in [2.05, 4.69) is 0 Å². The molecule has 1 unspecified atom stereocenters. The van der Waals surface area contributed by atoms with E-state index < -0.39 is 24.0 Å². The molecular formula is C13H17NO5S. The minimum absolute atomic E-state index is 0.0766. The number of amides is 1. The molecule has 2 heterocycles. The van der Waals surface area contributed by atoms with E-state index >= 15 is 0 Å². The molecule has 7 heteroatoms. The molecule has 0 aromatic rings. The zero-order chi connectivity index (χ0) is 15.0. The zero-order valence-electron chi connectivity index (χ0n) is 11.6. The Hall–Kier alpha value is -1.50. The van der Waals surface area contributed by atoms with E-state index in [1.165, 1.54) is 23.6 Å². The molecule has 110 valence electrons. The van der Waals surface area contributed by atoms with Crippen molar-refractivity contribution in [3.05, 3.63) is 11.3 Å². The van der Waals surface area contributed by atoms with Gasteiger partial charge in [-0.15, -0.1) is 11.8 Å². The van der Waals surface area contributed by atoms with Gasteiger partial charge in [0.2, 0.25) is 5.91 Å². The summed E-state index contributed by atoms with van der Waals surface area (Å²) in [7, 11) is 0. The lowest BCUT2D eigenvalue weighted by molar-refractivity contribution is -0.167. The number of hydrogen-bond acceptors (Lipinski definition) is 5. The number of carbonyl (C=O) groups is 3. The fourth-order valence-corrected chi connectivity index (χ4v) is 4.05. The van der Waals surface area contributed by atoms with Crippen molar-refractivity contribution in [2.24, 2.45) is 5.92 Å². The second kappa shape index (κ2) is 5.47. The van der Waals surface area contributed by atoms with Crippen molar-refractivity contribution in [1.29, 1.82) is 0 Å². The lowest BCUT2D eigenvalue weighted by Gasteiger charge is -2.51. The maximum atomic E-state index is 12.3. The van der Waals surface area contributed by atoms with Crippen LogP contribution in [0.2, 0.25) is 0 Å². The van der Waals surface area contributed by atoms with Crippen molar-refractivity contribution in [3.63, 3.8) is 0 Å². The molecule has 6 nitrogen and oxygen atoms in total. The molecule has 3 atom stereocenters. The van der Waals surface area contributed by atoms with E-state index in [9.17, 15) is 19.5 Å². The predicted octanol–water partition coefficient (Wildman–Crippen LogP) is 1.22. The first-order chi connectivity index (χ1) is 9.38. The van der Waals surface area contributed by atoms with Gasteiger partial charge in [-0.05, 0) is 18.9 Å². The van der Waals surface area contributed by atoms with Crippen LogP contribution in [0.15, 0.2) is 11.3 Å². The summed E-state index contributed by atoms with van der Waals surface area (Å²) in [5.74, 6) is -1.65. The van der Waals surface area contributed by atoms with E-state index in [1.807, 2.05) is 6.92 Å². The van der Waals surface area contributed by atoms with E-state index in [1.54, 1.807) is 6.92 Å². The molecule has 0 aromatic carbocycles. The van der Waals surface area contributed by atoms with Gasteiger partial charge >= 0.3 is 11.9 Å². The minimum Gasteiger partial charge on any atom is -0.477 e. The Bertz CT molecular complexity index is 501. The van der Waals surface area contributed by atoms with E-state index in [4.69, 9.17) is 4.74 Å². The van der Waals surface area contributed by atoms with Crippen molar-refractivity contribution in [2.75, 3.05) is 5.75 Å². The maximum absolute atomic E-state index is 12.3. The number of fused-ring (bicyclic) bond motifs is 1. The first-order valence-corrected chi connectivity index (χ1v) is 7.48. The first kappa shape index (κ1) is 14.9. The monoisotopic (exact) mass is 299 g/mol. The molecule has 0 saturated carbocycles. The average molecular weight is 299 g/mol. The molecule has 1 amide bonds. The minimum atomic E-state index is -1.08. The highest BCUT2D eigenvalue weighted by atomic mass is 32.2. The number of carbonyl (C=O) groups excluding carboxylic acids is 2. The highest BCUT2D eigenvalue weighted by Crippen LogP contribution is 2.46. The van der Waals surface area contributed by atoms with E-state index in [0.29, 0.717) is 17.7 Å². The van der Waals surface area contributed by atoms with Crippen molar-refractivity contribution in [1.82, 2.24) is 4.90 Å². The smallest absolute Gasteiger partial charge is 0.352 e. The Morgan fingerprint density at radius 1 is 1.55 bits per heavy atom. The Kier molecular flexibility index (Phi) is 4.08. The summed E-state index contributed by atoms with van der Waals surface area (Å²) in [6.07, 6.45) is 0.0496. The second-order valence-corrected chi connectivity index (χ2v) is 6.03. The maximum Gasteiger partial charge on any atom is 0.352 e. The molecule has 20 heavy (non-hydrogen) atoms. The largest absolute Gasteiger partial charge is 0.477 e. The number of rotatable bonds is 4. The lowest BCUT2D eigenvalue weighted by Crippen LogP contribution is -2.65. The summed E-state index contributed by atoms with van der Waals surface area (Å²) < 4.78 is 5.18.